The lowest BCUT2D eigenvalue weighted by Crippen LogP contribution is -1.89. The lowest BCUT2D eigenvalue weighted by molar-refractivity contribution is 0.439. The first kappa shape index (κ1) is 14.4. The monoisotopic (exact) mass is 406 g/mol. The summed E-state index contributed by atoms with van der Waals surface area (Å²) in [7, 11) is 0. The summed E-state index contributed by atoms with van der Waals surface area (Å²) in [6.45, 7) is 2.04. The van der Waals surface area contributed by atoms with Gasteiger partial charge >= 0.3 is 0 Å². The van der Waals surface area contributed by atoms with Crippen LogP contribution in [-0.4, -0.2) is 5.16 Å². The van der Waals surface area contributed by atoms with Crippen LogP contribution in [0.1, 0.15) is 5.56 Å². The summed E-state index contributed by atoms with van der Waals surface area (Å²) in [6.07, 6.45) is 0. The van der Waals surface area contributed by atoms with E-state index in [2.05, 4.69) is 37.0 Å². The van der Waals surface area contributed by atoms with E-state index < -0.39 is 0 Å². The first-order chi connectivity index (χ1) is 10.1. The van der Waals surface area contributed by atoms with Gasteiger partial charge in [0, 0.05) is 14.5 Å². The van der Waals surface area contributed by atoms with E-state index in [-0.39, 0.29) is 0 Å². The third-order valence-electron chi connectivity index (χ3n) is 3.31. The minimum Gasteiger partial charge on any atom is -0.367 e. The van der Waals surface area contributed by atoms with Gasteiger partial charge in [-0.1, -0.05) is 55.2 Å². The van der Waals surface area contributed by atoms with Crippen molar-refractivity contribution >= 4 is 37.7 Å². The molecule has 2 aromatic carbocycles. The van der Waals surface area contributed by atoms with Crippen LogP contribution in [0.15, 0.2) is 55.9 Å². The molecule has 0 radical (unpaired) electrons. The zero-order valence-electron chi connectivity index (χ0n) is 11.2. The molecule has 5 heteroatoms. The zero-order chi connectivity index (χ0) is 15.0. The fourth-order valence-electron chi connectivity index (χ4n) is 2.23. The van der Waals surface area contributed by atoms with Crippen LogP contribution in [0.4, 0.5) is 5.88 Å². The Labute approximate surface area is 139 Å². The Kier molecular flexibility index (Phi) is 3.87. The molecule has 3 nitrogen and oxygen atoms in total. The summed E-state index contributed by atoms with van der Waals surface area (Å²) in [5.41, 5.74) is 10.7. The van der Waals surface area contributed by atoms with Crippen molar-refractivity contribution in [3.8, 4) is 22.4 Å². The van der Waals surface area contributed by atoms with Crippen LogP contribution in [0.5, 0.6) is 0 Å². The summed E-state index contributed by atoms with van der Waals surface area (Å²) in [5, 5.41) is 4.15. The van der Waals surface area contributed by atoms with Crippen molar-refractivity contribution < 1.29 is 4.52 Å². The van der Waals surface area contributed by atoms with Gasteiger partial charge in [-0.05, 0) is 42.3 Å². The highest BCUT2D eigenvalue weighted by Crippen LogP contribution is 2.38. The zero-order valence-corrected chi connectivity index (χ0v) is 14.4. The molecule has 0 bridgehead atoms. The van der Waals surface area contributed by atoms with Crippen molar-refractivity contribution in [2.75, 3.05) is 5.73 Å². The predicted octanol–water partition coefficient (Wildman–Crippen LogP) is 5.42. The normalized spacial score (nSPS) is 10.8. The van der Waals surface area contributed by atoms with Crippen molar-refractivity contribution in [2.45, 2.75) is 6.92 Å². The number of nitrogens with two attached hydrogens (primary N) is 1. The standard InChI is InChI=1S/C16H12Br2N2O/c1-9-2-5-12(18)8-13(9)15-14(16(19)21-20-15)10-3-6-11(17)7-4-10/h2-8H,19H2,1H3. The van der Waals surface area contributed by atoms with Gasteiger partial charge in [0.1, 0.15) is 5.69 Å². The van der Waals surface area contributed by atoms with E-state index in [0.29, 0.717) is 5.88 Å². The second kappa shape index (κ2) is 5.66. The molecule has 21 heavy (non-hydrogen) atoms. The molecule has 0 saturated heterocycles. The van der Waals surface area contributed by atoms with Crippen LogP contribution >= 0.6 is 31.9 Å². The number of aryl methyl sites for hydroxylation is 1. The van der Waals surface area contributed by atoms with Crippen LogP contribution in [0.3, 0.4) is 0 Å². The summed E-state index contributed by atoms with van der Waals surface area (Å²) in [5.74, 6) is 0.326. The number of rotatable bonds is 2. The highest BCUT2D eigenvalue weighted by atomic mass is 79.9. The molecule has 0 unspecified atom stereocenters. The summed E-state index contributed by atoms with van der Waals surface area (Å²) in [4.78, 5) is 0. The van der Waals surface area contributed by atoms with Gasteiger partial charge in [-0.3, -0.25) is 0 Å². The van der Waals surface area contributed by atoms with Crippen molar-refractivity contribution in [2.24, 2.45) is 0 Å². The van der Waals surface area contributed by atoms with Gasteiger partial charge in [-0.2, -0.15) is 0 Å². The highest BCUT2D eigenvalue weighted by Gasteiger charge is 2.19. The molecule has 0 amide bonds. The number of nitrogens with zero attached hydrogens (tertiary/aromatic N) is 1. The van der Waals surface area contributed by atoms with E-state index in [9.17, 15) is 0 Å². The first-order valence-corrected chi connectivity index (χ1v) is 7.92. The molecular formula is C16H12Br2N2O. The minimum absolute atomic E-state index is 0.326. The van der Waals surface area contributed by atoms with E-state index in [1.54, 1.807) is 0 Å². The quantitative estimate of drug-likeness (QED) is 0.616. The molecule has 3 rings (SSSR count). The van der Waals surface area contributed by atoms with Gasteiger partial charge < -0.3 is 10.3 Å². The Bertz CT molecular complexity index is 795. The van der Waals surface area contributed by atoms with Gasteiger partial charge in [0.25, 0.3) is 0 Å². The predicted molar refractivity (Wildman–Crippen MR) is 91.9 cm³/mol. The van der Waals surface area contributed by atoms with Crippen LogP contribution in [0, 0.1) is 6.92 Å². The maximum atomic E-state index is 5.98. The number of anilines is 1. The van der Waals surface area contributed by atoms with Crippen LogP contribution < -0.4 is 5.73 Å². The third-order valence-corrected chi connectivity index (χ3v) is 4.33. The largest absolute Gasteiger partial charge is 0.367 e. The van der Waals surface area contributed by atoms with Crippen LogP contribution in [-0.2, 0) is 0 Å². The molecular weight excluding hydrogens is 396 g/mol. The van der Waals surface area contributed by atoms with Crippen molar-refractivity contribution in [1.82, 2.24) is 5.16 Å². The third kappa shape index (κ3) is 2.76. The van der Waals surface area contributed by atoms with Gasteiger partial charge in [-0.15, -0.1) is 0 Å². The molecule has 0 atom stereocenters. The molecule has 106 valence electrons. The number of hydrogen-bond donors (Lipinski definition) is 1. The maximum Gasteiger partial charge on any atom is 0.230 e. The average molecular weight is 408 g/mol. The van der Waals surface area contributed by atoms with E-state index in [4.69, 9.17) is 10.3 Å². The minimum atomic E-state index is 0.326. The molecule has 0 aliphatic heterocycles. The van der Waals surface area contributed by atoms with E-state index in [1.807, 2.05) is 49.4 Å². The summed E-state index contributed by atoms with van der Waals surface area (Å²) < 4.78 is 7.24. The Balaban J connectivity index is 2.21. The summed E-state index contributed by atoms with van der Waals surface area (Å²) >= 11 is 6.93. The molecule has 0 aliphatic rings. The smallest absolute Gasteiger partial charge is 0.230 e. The molecule has 1 heterocycles. The van der Waals surface area contributed by atoms with Crippen molar-refractivity contribution in [3.63, 3.8) is 0 Å². The Morgan fingerprint density at radius 1 is 1.00 bits per heavy atom. The Hall–Kier alpha value is -1.59. The van der Waals surface area contributed by atoms with E-state index in [1.165, 1.54) is 0 Å². The fourth-order valence-corrected chi connectivity index (χ4v) is 2.86. The Morgan fingerprint density at radius 2 is 1.67 bits per heavy atom. The van der Waals surface area contributed by atoms with Gasteiger partial charge in [0.05, 0.1) is 5.56 Å². The average Bonchev–Trinajstić information content (AvgIpc) is 2.84. The second-order valence-electron chi connectivity index (χ2n) is 4.74. The van der Waals surface area contributed by atoms with Crippen molar-refractivity contribution in [3.05, 3.63) is 57.0 Å². The molecule has 0 saturated carbocycles. The second-order valence-corrected chi connectivity index (χ2v) is 6.57. The van der Waals surface area contributed by atoms with Gasteiger partial charge in [0.2, 0.25) is 5.88 Å². The first-order valence-electron chi connectivity index (χ1n) is 6.34. The highest BCUT2D eigenvalue weighted by molar-refractivity contribution is 9.10. The number of nitrogen functional groups attached to an aromatic ring is 1. The number of halogens is 2. The van der Waals surface area contributed by atoms with Gasteiger partial charge in [0.15, 0.2) is 0 Å². The van der Waals surface area contributed by atoms with E-state index >= 15 is 0 Å². The van der Waals surface area contributed by atoms with Gasteiger partial charge in [-0.25, -0.2) is 0 Å². The lowest BCUT2D eigenvalue weighted by atomic mass is 9.98. The number of benzene rings is 2. The molecule has 0 aliphatic carbocycles. The molecule has 3 aromatic rings. The SMILES string of the molecule is Cc1ccc(Br)cc1-c1noc(N)c1-c1ccc(Br)cc1. The molecule has 0 spiro atoms. The molecule has 1 aromatic heterocycles. The number of aromatic nitrogens is 1. The number of hydrogen-bond acceptors (Lipinski definition) is 3. The topological polar surface area (TPSA) is 52.0 Å². The maximum absolute atomic E-state index is 5.98. The molecule has 0 fully saturated rings. The van der Waals surface area contributed by atoms with Crippen LogP contribution in [0.2, 0.25) is 0 Å². The van der Waals surface area contributed by atoms with Crippen molar-refractivity contribution in [1.29, 1.82) is 0 Å². The summed E-state index contributed by atoms with van der Waals surface area (Å²) in [6, 6.07) is 14.0. The fraction of sp³-hybridized carbons (Fsp3) is 0.0625. The van der Waals surface area contributed by atoms with E-state index in [0.717, 1.165) is 36.9 Å². The Morgan fingerprint density at radius 3 is 2.38 bits per heavy atom. The lowest BCUT2D eigenvalue weighted by Gasteiger charge is -2.06. The molecule has 2 N–H and O–H groups in total. The van der Waals surface area contributed by atoms with Crippen LogP contribution in [0.25, 0.3) is 22.4 Å².